The summed E-state index contributed by atoms with van der Waals surface area (Å²) in [7, 11) is 1.62. The van der Waals surface area contributed by atoms with Crippen molar-refractivity contribution in [3.8, 4) is 11.5 Å². The van der Waals surface area contributed by atoms with Crippen molar-refractivity contribution in [2.75, 3.05) is 25.6 Å². The summed E-state index contributed by atoms with van der Waals surface area (Å²) in [4.78, 5) is 20.8. The van der Waals surface area contributed by atoms with Gasteiger partial charge < -0.3 is 20.1 Å². The lowest BCUT2D eigenvalue weighted by Gasteiger charge is -2.10. The Morgan fingerprint density at radius 3 is 2.55 bits per heavy atom. The molecule has 0 aliphatic heterocycles. The summed E-state index contributed by atoms with van der Waals surface area (Å²) in [5, 5.41) is 5.95. The molecule has 7 nitrogen and oxygen atoms in total. The highest BCUT2D eigenvalue weighted by Crippen LogP contribution is 2.16. The summed E-state index contributed by atoms with van der Waals surface area (Å²) in [6.45, 7) is 3.40. The first-order valence-corrected chi connectivity index (χ1v) is 9.32. The van der Waals surface area contributed by atoms with Gasteiger partial charge in [0.15, 0.2) is 0 Å². The van der Waals surface area contributed by atoms with Crippen molar-refractivity contribution in [3.63, 3.8) is 0 Å². The van der Waals surface area contributed by atoms with Crippen LogP contribution in [0, 0.1) is 6.92 Å². The third-order valence-electron chi connectivity index (χ3n) is 4.30. The second kappa shape index (κ2) is 10.1. The predicted molar refractivity (Wildman–Crippen MR) is 111 cm³/mol. The Bertz CT molecular complexity index is 945. The molecule has 150 valence electrons. The monoisotopic (exact) mass is 392 g/mol. The van der Waals surface area contributed by atoms with Crippen LogP contribution in [0.15, 0.2) is 60.8 Å². The molecule has 1 heterocycles. The van der Waals surface area contributed by atoms with Crippen LogP contribution in [0.2, 0.25) is 0 Å². The maximum absolute atomic E-state index is 12.4. The van der Waals surface area contributed by atoms with Crippen LogP contribution in [0.1, 0.15) is 21.6 Å². The molecule has 0 saturated heterocycles. The predicted octanol–water partition coefficient (Wildman–Crippen LogP) is 3.21. The first-order valence-electron chi connectivity index (χ1n) is 9.32. The number of ether oxygens (including phenoxy) is 2. The molecule has 29 heavy (non-hydrogen) atoms. The number of hydrogen-bond donors (Lipinski definition) is 2. The first kappa shape index (κ1) is 20.1. The minimum Gasteiger partial charge on any atom is -0.497 e. The number of anilines is 1. The number of rotatable bonds is 9. The molecule has 7 heteroatoms. The molecule has 0 aliphatic carbocycles. The third-order valence-corrected chi connectivity index (χ3v) is 4.30. The normalized spacial score (nSPS) is 10.3. The Labute approximate surface area is 170 Å². The number of carbonyl (C=O) groups excluding carboxylic acids is 1. The van der Waals surface area contributed by atoms with E-state index < -0.39 is 0 Å². The molecule has 0 spiro atoms. The molecular formula is C22H24N4O3. The van der Waals surface area contributed by atoms with Crippen LogP contribution in [0.4, 0.5) is 5.95 Å². The minimum atomic E-state index is -0.242. The van der Waals surface area contributed by atoms with E-state index in [1.54, 1.807) is 19.4 Å². The molecule has 3 rings (SSSR count). The van der Waals surface area contributed by atoms with Crippen LogP contribution in [-0.4, -0.2) is 36.1 Å². The van der Waals surface area contributed by atoms with Crippen LogP contribution < -0.4 is 20.1 Å². The first-order chi connectivity index (χ1) is 14.2. The van der Waals surface area contributed by atoms with Gasteiger partial charge in [0, 0.05) is 12.7 Å². The van der Waals surface area contributed by atoms with Crippen molar-refractivity contribution >= 4 is 11.9 Å². The van der Waals surface area contributed by atoms with Gasteiger partial charge in [0.05, 0.1) is 13.7 Å². The average Bonchev–Trinajstić information content (AvgIpc) is 2.76. The molecule has 0 saturated carbocycles. The fraction of sp³-hybridized carbons (Fsp3) is 0.227. The van der Waals surface area contributed by atoms with Crippen LogP contribution in [0.3, 0.4) is 0 Å². The Hall–Kier alpha value is -3.61. The summed E-state index contributed by atoms with van der Waals surface area (Å²) in [6, 6.07) is 16.9. The second-order valence-electron chi connectivity index (χ2n) is 6.33. The number of nitrogens with zero attached hydrogens (tertiary/aromatic N) is 2. The van der Waals surface area contributed by atoms with Crippen molar-refractivity contribution in [2.45, 2.75) is 13.5 Å². The molecule has 2 aromatic carbocycles. The van der Waals surface area contributed by atoms with Gasteiger partial charge in [-0.3, -0.25) is 4.79 Å². The van der Waals surface area contributed by atoms with Crippen molar-refractivity contribution in [2.24, 2.45) is 0 Å². The standard InChI is InChI=1S/C22H24N4O3/c1-16-5-3-4-6-17(16)15-25-21(27)20-11-12-23-22(26-20)24-13-14-29-19-9-7-18(28-2)8-10-19/h3-12H,13-15H2,1-2H3,(H,25,27)(H,23,24,26). The highest BCUT2D eigenvalue weighted by atomic mass is 16.5. The number of carbonyl (C=O) groups is 1. The largest absolute Gasteiger partial charge is 0.497 e. The fourth-order valence-corrected chi connectivity index (χ4v) is 2.65. The topological polar surface area (TPSA) is 85.4 Å². The Morgan fingerprint density at radius 2 is 1.79 bits per heavy atom. The van der Waals surface area contributed by atoms with Gasteiger partial charge in [-0.1, -0.05) is 24.3 Å². The highest BCUT2D eigenvalue weighted by molar-refractivity contribution is 5.92. The maximum atomic E-state index is 12.4. The second-order valence-corrected chi connectivity index (χ2v) is 6.33. The van der Waals surface area contributed by atoms with Gasteiger partial charge in [0.25, 0.3) is 5.91 Å². The molecule has 0 aliphatic rings. The van der Waals surface area contributed by atoms with Crippen molar-refractivity contribution < 1.29 is 14.3 Å². The summed E-state index contributed by atoms with van der Waals surface area (Å²) < 4.78 is 10.8. The van der Waals surface area contributed by atoms with E-state index in [1.807, 2.05) is 55.5 Å². The van der Waals surface area contributed by atoms with E-state index >= 15 is 0 Å². The van der Waals surface area contributed by atoms with E-state index in [0.29, 0.717) is 31.3 Å². The molecular weight excluding hydrogens is 368 g/mol. The molecule has 0 unspecified atom stereocenters. The number of benzene rings is 2. The van der Waals surface area contributed by atoms with E-state index in [9.17, 15) is 4.79 Å². The van der Waals surface area contributed by atoms with Crippen molar-refractivity contribution in [1.29, 1.82) is 0 Å². The van der Waals surface area contributed by atoms with E-state index in [1.165, 1.54) is 0 Å². The van der Waals surface area contributed by atoms with Gasteiger partial charge >= 0.3 is 0 Å². The molecule has 1 amide bonds. The zero-order valence-electron chi connectivity index (χ0n) is 16.5. The number of aryl methyl sites for hydroxylation is 1. The summed E-state index contributed by atoms with van der Waals surface area (Å²) in [6.07, 6.45) is 1.56. The van der Waals surface area contributed by atoms with Gasteiger partial charge in [0.2, 0.25) is 5.95 Å². The Kier molecular flexibility index (Phi) is 7.00. The third kappa shape index (κ3) is 5.93. The van der Waals surface area contributed by atoms with Crippen LogP contribution in [0.25, 0.3) is 0 Å². The summed E-state index contributed by atoms with van der Waals surface area (Å²) in [5.41, 5.74) is 2.52. The Balaban J connectivity index is 1.47. The molecule has 0 bridgehead atoms. The van der Waals surface area contributed by atoms with Crippen molar-refractivity contribution in [3.05, 3.63) is 77.6 Å². The number of hydrogen-bond acceptors (Lipinski definition) is 6. The number of methoxy groups -OCH3 is 1. The number of nitrogens with one attached hydrogen (secondary N) is 2. The molecule has 0 atom stereocenters. The van der Waals surface area contributed by atoms with Gasteiger partial charge in [-0.25, -0.2) is 9.97 Å². The lowest BCUT2D eigenvalue weighted by Crippen LogP contribution is -2.25. The minimum absolute atomic E-state index is 0.242. The molecule has 3 aromatic rings. The zero-order chi connectivity index (χ0) is 20.5. The Morgan fingerprint density at radius 1 is 1.03 bits per heavy atom. The van der Waals surface area contributed by atoms with Gasteiger partial charge in [-0.2, -0.15) is 0 Å². The lowest BCUT2D eigenvalue weighted by atomic mass is 10.1. The van der Waals surface area contributed by atoms with Crippen LogP contribution in [-0.2, 0) is 6.54 Å². The average molecular weight is 392 g/mol. The SMILES string of the molecule is COc1ccc(OCCNc2nccc(C(=O)NCc3ccccc3C)n2)cc1. The zero-order valence-corrected chi connectivity index (χ0v) is 16.5. The molecule has 0 fully saturated rings. The van der Waals surface area contributed by atoms with E-state index in [2.05, 4.69) is 20.6 Å². The number of aromatic nitrogens is 2. The van der Waals surface area contributed by atoms with Crippen molar-refractivity contribution in [1.82, 2.24) is 15.3 Å². The van der Waals surface area contributed by atoms with Crippen LogP contribution >= 0.6 is 0 Å². The maximum Gasteiger partial charge on any atom is 0.270 e. The molecule has 1 aromatic heterocycles. The quantitative estimate of drug-likeness (QED) is 0.544. The summed E-state index contributed by atoms with van der Waals surface area (Å²) >= 11 is 0. The lowest BCUT2D eigenvalue weighted by molar-refractivity contribution is 0.0946. The van der Waals surface area contributed by atoms with E-state index in [4.69, 9.17) is 9.47 Å². The highest BCUT2D eigenvalue weighted by Gasteiger charge is 2.09. The summed E-state index contributed by atoms with van der Waals surface area (Å²) in [5.74, 6) is 1.67. The fourth-order valence-electron chi connectivity index (χ4n) is 2.65. The molecule has 2 N–H and O–H groups in total. The smallest absolute Gasteiger partial charge is 0.270 e. The van der Waals surface area contributed by atoms with E-state index in [-0.39, 0.29) is 5.91 Å². The molecule has 0 radical (unpaired) electrons. The van der Waals surface area contributed by atoms with Gasteiger partial charge in [-0.15, -0.1) is 0 Å². The van der Waals surface area contributed by atoms with E-state index in [0.717, 1.165) is 22.6 Å². The van der Waals surface area contributed by atoms with Gasteiger partial charge in [0.1, 0.15) is 23.8 Å². The van der Waals surface area contributed by atoms with Crippen LogP contribution in [0.5, 0.6) is 11.5 Å². The number of amides is 1. The van der Waals surface area contributed by atoms with Gasteiger partial charge in [-0.05, 0) is 48.4 Å².